The van der Waals surface area contributed by atoms with Crippen LogP contribution >= 0.6 is 11.3 Å². The summed E-state index contributed by atoms with van der Waals surface area (Å²) in [7, 11) is 0. The van der Waals surface area contributed by atoms with Crippen LogP contribution in [0.25, 0.3) is 86.4 Å². The first-order chi connectivity index (χ1) is 21.3. The van der Waals surface area contributed by atoms with Gasteiger partial charge in [0, 0.05) is 36.9 Å². The smallest absolute Gasteiger partial charge is 0.160 e. The molecular weight excluding hydrogens is 541 g/mol. The molecule has 9 rings (SSSR count). The van der Waals surface area contributed by atoms with Crippen LogP contribution in [0.3, 0.4) is 0 Å². The summed E-state index contributed by atoms with van der Waals surface area (Å²) in [5.74, 6) is 0.728. The number of rotatable bonds is 3. The van der Waals surface area contributed by atoms with E-state index in [2.05, 4.69) is 140 Å². The van der Waals surface area contributed by atoms with Gasteiger partial charge < -0.3 is 0 Å². The number of benzene rings is 7. The highest BCUT2D eigenvalue weighted by Crippen LogP contribution is 2.43. The third-order valence-corrected chi connectivity index (χ3v) is 9.58. The Labute approximate surface area is 252 Å². The molecule has 0 aliphatic carbocycles. The number of hydrogen-bond acceptors (Lipinski definition) is 3. The third-order valence-electron chi connectivity index (χ3n) is 8.45. The molecule has 43 heavy (non-hydrogen) atoms. The van der Waals surface area contributed by atoms with Crippen LogP contribution in [0.5, 0.6) is 0 Å². The van der Waals surface area contributed by atoms with Gasteiger partial charge in [0.25, 0.3) is 0 Å². The van der Waals surface area contributed by atoms with Crippen molar-refractivity contribution in [3.63, 3.8) is 0 Å². The second-order valence-electron chi connectivity index (χ2n) is 11.0. The molecule has 0 fully saturated rings. The molecule has 3 heteroatoms. The molecule has 0 unspecified atom stereocenters. The minimum Gasteiger partial charge on any atom is -0.228 e. The van der Waals surface area contributed by atoms with E-state index in [0.717, 1.165) is 33.9 Å². The highest BCUT2D eigenvalue weighted by molar-refractivity contribution is 7.25. The largest absolute Gasteiger partial charge is 0.228 e. The van der Waals surface area contributed by atoms with Crippen LogP contribution in [0.15, 0.2) is 146 Å². The first-order valence-electron chi connectivity index (χ1n) is 14.5. The molecule has 0 aliphatic rings. The molecule has 200 valence electrons. The zero-order chi connectivity index (χ0) is 28.3. The molecule has 0 saturated heterocycles. The lowest BCUT2D eigenvalue weighted by Crippen LogP contribution is -1.97. The van der Waals surface area contributed by atoms with Gasteiger partial charge in [-0.3, -0.25) is 0 Å². The van der Waals surface area contributed by atoms with Gasteiger partial charge in [0.2, 0.25) is 0 Å². The van der Waals surface area contributed by atoms with Gasteiger partial charge >= 0.3 is 0 Å². The standard InChI is InChI=1S/C40H24N2S/c1-2-12-26(13-3-1)40-41-33(31-18-10-20-36-38(31)32-17-8-9-19-35(32)43-36)24-34(42-40)39-30-16-7-5-14-27(30)23-28-22-21-25-11-4-6-15-29(25)37(28)39/h1-24H. The van der Waals surface area contributed by atoms with Crippen molar-refractivity contribution in [1.29, 1.82) is 0 Å². The molecule has 0 amide bonds. The van der Waals surface area contributed by atoms with Crippen molar-refractivity contribution in [1.82, 2.24) is 9.97 Å². The van der Waals surface area contributed by atoms with Crippen molar-refractivity contribution in [3.8, 4) is 33.9 Å². The van der Waals surface area contributed by atoms with Gasteiger partial charge in [0.15, 0.2) is 5.82 Å². The number of aromatic nitrogens is 2. The normalized spacial score (nSPS) is 11.7. The van der Waals surface area contributed by atoms with Gasteiger partial charge in [-0.2, -0.15) is 0 Å². The molecule has 0 spiro atoms. The van der Waals surface area contributed by atoms with E-state index in [4.69, 9.17) is 9.97 Å². The van der Waals surface area contributed by atoms with E-state index in [1.165, 1.54) is 52.5 Å². The molecule has 0 atom stereocenters. The monoisotopic (exact) mass is 564 g/mol. The molecule has 0 radical (unpaired) electrons. The lowest BCUT2D eigenvalue weighted by Gasteiger charge is -2.16. The maximum Gasteiger partial charge on any atom is 0.160 e. The van der Waals surface area contributed by atoms with Gasteiger partial charge in [0.1, 0.15) is 0 Å². The summed E-state index contributed by atoms with van der Waals surface area (Å²) in [6.45, 7) is 0. The Kier molecular flexibility index (Phi) is 5.40. The Balaban J connectivity index is 1.44. The number of nitrogens with zero attached hydrogens (tertiary/aromatic N) is 2. The van der Waals surface area contributed by atoms with Gasteiger partial charge in [-0.25, -0.2) is 9.97 Å². The van der Waals surface area contributed by atoms with Crippen molar-refractivity contribution in [2.75, 3.05) is 0 Å². The van der Waals surface area contributed by atoms with Gasteiger partial charge in [-0.1, -0.05) is 121 Å². The second kappa shape index (κ2) is 9.59. The molecule has 9 aromatic rings. The van der Waals surface area contributed by atoms with Crippen LogP contribution in [0.4, 0.5) is 0 Å². The number of thiophene rings is 1. The van der Waals surface area contributed by atoms with Crippen LogP contribution in [0.2, 0.25) is 0 Å². The lowest BCUT2D eigenvalue weighted by atomic mass is 9.90. The summed E-state index contributed by atoms with van der Waals surface area (Å²) in [4.78, 5) is 10.6. The molecule has 7 aromatic carbocycles. The number of hydrogen-bond donors (Lipinski definition) is 0. The summed E-state index contributed by atoms with van der Waals surface area (Å²) in [5, 5.41) is 9.79. The average molecular weight is 565 g/mol. The van der Waals surface area contributed by atoms with Crippen LogP contribution in [0.1, 0.15) is 0 Å². The van der Waals surface area contributed by atoms with E-state index in [0.29, 0.717) is 0 Å². The summed E-state index contributed by atoms with van der Waals surface area (Å²) in [6.07, 6.45) is 0. The van der Waals surface area contributed by atoms with E-state index in [1.54, 1.807) is 0 Å². The maximum atomic E-state index is 5.33. The molecule has 0 saturated carbocycles. The van der Waals surface area contributed by atoms with E-state index >= 15 is 0 Å². The van der Waals surface area contributed by atoms with Crippen molar-refractivity contribution >= 4 is 63.8 Å². The Hall–Kier alpha value is -5.38. The quantitative estimate of drug-likeness (QED) is 0.158. The molecule has 2 heterocycles. The fourth-order valence-electron chi connectivity index (χ4n) is 6.52. The van der Waals surface area contributed by atoms with Crippen LogP contribution < -0.4 is 0 Å². The first-order valence-corrected chi connectivity index (χ1v) is 15.3. The Morgan fingerprint density at radius 3 is 1.98 bits per heavy atom. The molecule has 2 aromatic heterocycles. The number of fused-ring (bicyclic) bond motifs is 7. The predicted molar refractivity (Wildman–Crippen MR) is 184 cm³/mol. The minimum atomic E-state index is 0.728. The molecule has 0 aliphatic heterocycles. The summed E-state index contributed by atoms with van der Waals surface area (Å²) in [6, 6.07) is 51.9. The fraction of sp³-hybridized carbons (Fsp3) is 0. The summed E-state index contributed by atoms with van der Waals surface area (Å²) < 4.78 is 2.55. The highest BCUT2D eigenvalue weighted by atomic mass is 32.1. The summed E-state index contributed by atoms with van der Waals surface area (Å²) >= 11 is 1.83. The van der Waals surface area contributed by atoms with Gasteiger partial charge in [0.05, 0.1) is 11.4 Å². The zero-order valence-electron chi connectivity index (χ0n) is 23.2. The van der Waals surface area contributed by atoms with Crippen molar-refractivity contribution in [2.45, 2.75) is 0 Å². The third kappa shape index (κ3) is 3.86. The topological polar surface area (TPSA) is 25.8 Å². The molecular formula is C40H24N2S. The van der Waals surface area contributed by atoms with Gasteiger partial charge in [-0.15, -0.1) is 11.3 Å². The van der Waals surface area contributed by atoms with Gasteiger partial charge in [-0.05, 0) is 56.6 Å². The average Bonchev–Trinajstić information content (AvgIpc) is 3.46. The Morgan fingerprint density at radius 1 is 0.419 bits per heavy atom. The maximum absolute atomic E-state index is 5.33. The SMILES string of the molecule is c1ccc(-c2nc(-c3c4ccccc4cc4ccc5ccccc5c34)cc(-c3cccc4sc5ccccc5c34)n2)cc1. The zero-order valence-corrected chi connectivity index (χ0v) is 24.0. The molecule has 2 nitrogen and oxygen atoms in total. The molecule has 0 N–H and O–H groups in total. The van der Waals surface area contributed by atoms with Crippen LogP contribution in [-0.2, 0) is 0 Å². The van der Waals surface area contributed by atoms with E-state index in [1.807, 2.05) is 17.4 Å². The van der Waals surface area contributed by atoms with Crippen molar-refractivity contribution in [2.24, 2.45) is 0 Å². The van der Waals surface area contributed by atoms with Crippen molar-refractivity contribution < 1.29 is 0 Å². The predicted octanol–water partition coefficient (Wildman–Crippen LogP) is 11.3. The van der Waals surface area contributed by atoms with Crippen LogP contribution in [-0.4, -0.2) is 9.97 Å². The van der Waals surface area contributed by atoms with E-state index in [-0.39, 0.29) is 0 Å². The summed E-state index contributed by atoms with van der Waals surface area (Å²) in [5.41, 5.74) is 5.14. The minimum absolute atomic E-state index is 0.728. The fourth-order valence-corrected chi connectivity index (χ4v) is 7.66. The van der Waals surface area contributed by atoms with E-state index in [9.17, 15) is 0 Å². The molecule has 0 bridgehead atoms. The highest BCUT2D eigenvalue weighted by Gasteiger charge is 2.19. The van der Waals surface area contributed by atoms with E-state index < -0.39 is 0 Å². The van der Waals surface area contributed by atoms with Crippen LogP contribution in [0, 0.1) is 0 Å². The first kappa shape index (κ1) is 24.2. The Morgan fingerprint density at radius 2 is 1.09 bits per heavy atom. The Bertz CT molecular complexity index is 2510. The lowest BCUT2D eigenvalue weighted by molar-refractivity contribution is 1.19. The van der Waals surface area contributed by atoms with Crippen molar-refractivity contribution in [3.05, 3.63) is 146 Å². The second-order valence-corrected chi connectivity index (χ2v) is 12.0.